The second-order valence-electron chi connectivity index (χ2n) is 9.42. The highest BCUT2D eigenvalue weighted by Gasteiger charge is 2.40. The molecular formula is C28H29ClF2N6O4S. The Kier molecular flexibility index (Phi) is 9.67. The van der Waals surface area contributed by atoms with E-state index in [0.29, 0.717) is 28.4 Å². The summed E-state index contributed by atoms with van der Waals surface area (Å²) in [5, 5.41) is 10.1. The van der Waals surface area contributed by atoms with Gasteiger partial charge in [0.2, 0.25) is 10.0 Å². The molecule has 0 bridgehead atoms. The maximum Gasteiger partial charge on any atom is 0.323 e. The minimum Gasteiger partial charge on any atom is -0.480 e. The normalized spacial score (nSPS) is 16.1. The standard InChI is InChI=1S/C18H16ClN5O4S.C10H13F2N/c19-12-1-3-13(4-2-12)29(27,28)24-8-7-23(11-16(24)18(25)26)17-10-21-15-9-20-6-5-14(15)22-17;1-2-10(11,12)9-5-3-8(7-13)4-6-9/h1-6,9-10,16H,7-8,11H2,(H,25,26);3-6H,2,7,13H2,1H3/t16-;/m1./s1. The molecule has 222 valence electrons. The van der Waals surface area contributed by atoms with E-state index < -0.39 is 28.0 Å². The van der Waals surface area contributed by atoms with Crippen LogP contribution in [0.3, 0.4) is 0 Å². The number of aliphatic carboxylic acids is 1. The Bertz CT molecular complexity index is 1640. The average molecular weight is 619 g/mol. The largest absolute Gasteiger partial charge is 0.480 e. The zero-order chi connectivity index (χ0) is 30.5. The first-order chi connectivity index (χ1) is 20.0. The number of piperazine rings is 1. The third kappa shape index (κ3) is 6.98. The zero-order valence-electron chi connectivity index (χ0n) is 22.6. The molecule has 0 unspecified atom stereocenters. The van der Waals surface area contributed by atoms with Gasteiger partial charge in [0, 0.05) is 49.4 Å². The number of fused-ring (bicyclic) bond motifs is 1. The second kappa shape index (κ2) is 13.0. The Morgan fingerprint density at radius 3 is 2.38 bits per heavy atom. The fourth-order valence-electron chi connectivity index (χ4n) is 4.30. The SMILES string of the molecule is CCC(F)(F)c1ccc(CN)cc1.O=C(O)[C@H]1CN(c2cnc3cnccc3n2)CCN1S(=O)(=O)c1ccc(Cl)cc1. The highest BCUT2D eigenvalue weighted by Crippen LogP contribution is 2.31. The van der Waals surface area contributed by atoms with E-state index in [1.165, 1.54) is 49.5 Å². The number of pyridine rings is 1. The van der Waals surface area contributed by atoms with Gasteiger partial charge >= 0.3 is 5.97 Å². The van der Waals surface area contributed by atoms with Crippen molar-refractivity contribution in [1.29, 1.82) is 0 Å². The van der Waals surface area contributed by atoms with Crippen molar-refractivity contribution in [3.05, 3.63) is 89.3 Å². The number of carboxylic acids is 1. The molecule has 1 saturated heterocycles. The molecule has 14 heteroatoms. The van der Waals surface area contributed by atoms with Crippen LogP contribution in [-0.4, -0.2) is 64.4 Å². The van der Waals surface area contributed by atoms with E-state index in [2.05, 4.69) is 15.0 Å². The maximum absolute atomic E-state index is 13.1. The van der Waals surface area contributed by atoms with Crippen molar-refractivity contribution in [3.8, 4) is 0 Å². The van der Waals surface area contributed by atoms with Gasteiger partial charge in [-0.1, -0.05) is 42.8 Å². The Balaban J connectivity index is 0.000000262. The molecule has 1 aliphatic heterocycles. The molecule has 1 aliphatic rings. The van der Waals surface area contributed by atoms with E-state index >= 15 is 0 Å². The van der Waals surface area contributed by atoms with Crippen LogP contribution in [0.5, 0.6) is 0 Å². The lowest BCUT2D eigenvalue weighted by atomic mass is 10.0. The van der Waals surface area contributed by atoms with Gasteiger partial charge in [0.05, 0.1) is 22.8 Å². The summed E-state index contributed by atoms with van der Waals surface area (Å²) in [6, 6.07) is 12.2. The van der Waals surface area contributed by atoms with E-state index in [9.17, 15) is 27.1 Å². The third-order valence-corrected chi connectivity index (χ3v) is 8.92. The highest BCUT2D eigenvalue weighted by molar-refractivity contribution is 7.89. The molecule has 4 aromatic rings. The predicted octanol–water partition coefficient (Wildman–Crippen LogP) is 4.29. The topological polar surface area (TPSA) is 143 Å². The molecule has 10 nitrogen and oxygen atoms in total. The quantitative estimate of drug-likeness (QED) is 0.310. The van der Waals surface area contributed by atoms with Crippen LogP contribution in [0.1, 0.15) is 24.5 Å². The van der Waals surface area contributed by atoms with E-state index in [1.807, 2.05) is 0 Å². The molecule has 2 aromatic carbocycles. The minimum absolute atomic E-state index is 0.000373. The molecule has 3 heterocycles. The van der Waals surface area contributed by atoms with E-state index in [4.69, 9.17) is 17.3 Å². The smallest absolute Gasteiger partial charge is 0.323 e. The second-order valence-corrected chi connectivity index (χ2v) is 11.7. The molecule has 0 aliphatic carbocycles. The van der Waals surface area contributed by atoms with Gasteiger partial charge in [-0.2, -0.15) is 4.31 Å². The Labute approximate surface area is 246 Å². The monoisotopic (exact) mass is 618 g/mol. The summed E-state index contributed by atoms with van der Waals surface area (Å²) < 4.78 is 53.2. The van der Waals surface area contributed by atoms with Crippen LogP contribution < -0.4 is 10.6 Å². The van der Waals surface area contributed by atoms with Crippen LogP contribution in [0, 0.1) is 0 Å². The fourth-order valence-corrected chi connectivity index (χ4v) is 5.99. The summed E-state index contributed by atoms with van der Waals surface area (Å²) in [5.74, 6) is -3.46. The molecular weight excluding hydrogens is 590 g/mol. The van der Waals surface area contributed by atoms with Crippen LogP contribution >= 0.6 is 11.6 Å². The first-order valence-corrected chi connectivity index (χ1v) is 14.8. The Morgan fingerprint density at radius 2 is 1.76 bits per heavy atom. The number of nitrogens with two attached hydrogens (primary N) is 1. The number of alkyl halides is 2. The summed E-state index contributed by atoms with van der Waals surface area (Å²) in [4.78, 5) is 26.4. The van der Waals surface area contributed by atoms with Crippen molar-refractivity contribution in [1.82, 2.24) is 19.3 Å². The number of benzene rings is 2. The fraction of sp³-hybridized carbons (Fsp3) is 0.286. The van der Waals surface area contributed by atoms with Crippen LogP contribution in [0.4, 0.5) is 14.6 Å². The Hall–Kier alpha value is -3.78. The number of rotatable bonds is 7. The lowest BCUT2D eigenvalue weighted by molar-refractivity contribution is -0.141. The number of nitrogens with zero attached hydrogens (tertiary/aromatic N) is 5. The van der Waals surface area contributed by atoms with Crippen molar-refractivity contribution in [2.75, 3.05) is 24.5 Å². The van der Waals surface area contributed by atoms with E-state index in [1.54, 1.807) is 35.5 Å². The third-order valence-electron chi connectivity index (χ3n) is 6.75. The number of hydrogen-bond donors (Lipinski definition) is 2. The summed E-state index contributed by atoms with van der Waals surface area (Å²) in [7, 11) is -3.99. The van der Waals surface area contributed by atoms with Gasteiger partial charge in [-0.05, 0) is 35.9 Å². The summed E-state index contributed by atoms with van der Waals surface area (Å²) >= 11 is 5.83. The summed E-state index contributed by atoms with van der Waals surface area (Å²) in [6.45, 7) is 2.09. The van der Waals surface area contributed by atoms with Crippen LogP contribution in [0.2, 0.25) is 5.02 Å². The molecule has 1 fully saturated rings. The van der Waals surface area contributed by atoms with Crippen LogP contribution in [0.15, 0.2) is 78.1 Å². The van der Waals surface area contributed by atoms with Crippen LogP contribution in [-0.2, 0) is 27.3 Å². The van der Waals surface area contributed by atoms with Gasteiger partial charge < -0.3 is 15.7 Å². The number of carboxylic acid groups (broad SMARTS) is 1. The van der Waals surface area contributed by atoms with Crippen molar-refractivity contribution in [3.63, 3.8) is 0 Å². The lowest BCUT2D eigenvalue weighted by Crippen LogP contribution is -2.58. The minimum atomic E-state index is -3.99. The lowest BCUT2D eigenvalue weighted by Gasteiger charge is -2.38. The molecule has 2 aromatic heterocycles. The first-order valence-electron chi connectivity index (χ1n) is 13.0. The number of halogens is 3. The number of carbonyl (C=O) groups is 1. The molecule has 0 spiro atoms. The van der Waals surface area contributed by atoms with Gasteiger partial charge in [0.25, 0.3) is 5.92 Å². The molecule has 0 amide bonds. The number of anilines is 1. The van der Waals surface area contributed by atoms with Gasteiger partial charge in [-0.15, -0.1) is 0 Å². The molecule has 0 saturated carbocycles. The molecule has 1 atom stereocenters. The zero-order valence-corrected chi connectivity index (χ0v) is 24.1. The maximum atomic E-state index is 13.1. The van der Waals surface area contributed by atoms with Crippen molar-refractivity contribution < 1.29 is 27.1 Å². The number of aromatic nitrogens is 3. The van der Waals surface area contributed by atoms with Crippen molar-refractivity contribution >= 4 is 44.4 Å². The van der Waals surface area contributed by atoms with Gasteiger partial charge in [0.15, 0.2) is 0 Å². The van der Waals surface area contributed by atoms with Crippen LogP contribution in [0.25, 0.3) is 11.0 Å². The highest BCUT2D eigenvalue weighted by atomic mass is 35.5. The average Bonchev–Trinajstić information content (AvgIpc) is 3.01. The van der Waals surface area contributed by atoms with Crippen molar-refractivity contribution in [2.24, 2.45) is 5.73 Å². The van der Waals surface area contributed by atoms with Crippen molar-refractivity contribution in [2.45, 2.75) is 36.7 Å². The Morgan fingerprint density at radius 1 is 1.07 bits per heavy atom. The predicted molar refractivity (Wildman–Crippen MR) is 155 cm³/mol. The molecule has 5 rings (SSSR count). The number of hydrogen-bond acceptors (Lipinski definition) is 8. The van der Waals surface area contributed by atoms with Gasteiger partial charge in [-0.3, -0.25) is 9.78 Å². The van der Waals surface area contributed by atoms with Gasteiger partial charge in [-0.25, -0.2) is 27.2 Å². The number of sulfonamides is 1. The molecule has 0 radical (unpaired) electrons. The molecule has 42 heavy (non-hydrogen) atoms. The summed E-state index contributed by atoms with van der Waals surface area (Å²) in [6.07, 6.45) is 4.54. The van der Waals surface area contributed by atoms with E-state index in [-0.39, 0.29) is 36.5 Å². The summed E-state index contributed by atoms with van der Waals surface area (Å²) in [5.41, 5.74) is 7.53. The van der Waals surface area contributed by atoms with Gasteiger partial charge in [0.1, 0.15) is 17.4 Å². The first kappa shape index (κ1) is 31.2. The molecule has 3 N–H and O–H groups in total. The van der Waals surface area contributed by atoms with E-state index in [0.717, 1.165) is 9.87 Å².